The number of aromatic nitrogens is 1. The van der Waals surface area contributed by atoms with Gasteiger partial charge in [0.25, 0.3) is 0 Å². The lowest BCUT2D eigenvalue weighted by atomic mass is 10.1. The molecule has 4 nitrogen and oxygen atoms in total. The van der Waals surface area contributed by atoms with Crippen LogP contribution in [0.4, 0.5) is 17.6 Å². The minimum absolute atomic E-state index is 0.236. The third-order valence-corrected chi connectivity index (χ3v) is 9.26. The van der Waals surface area contributed by atoms with Gasteiger partial charge in [-0.25, -0.2) is 14.2 Å². The summed E-state index contributed by atoms with van der Waals surface area (Å²) in [5, 5.41) is 9.98. The minimum Gasteiger partial charge on any atom is -0.482 e. The van der Waals surface area contributed by atoms with Crippen LogP contribution < -0.4 is 4.74 Å². The number of hydrogen-bond donors (Lipinski definition) is 1. The highest BCUT2D eigenvalue weighted by Crippen LogP contribution is 2.46. The summed E-state index contributed by atoms with van der Waals surface area (Å²) >= 11 is 15.7. The Bertz CT molecular complexity index is 1540. The van der Waals surface area contributed by atoms with E-state index in [-0.39, 0.29) is 10.8 Å². The van der Waals surface area contributed by atoms with Gasteiger partial charge in [-0.15, -0.1) is 23.1 Å². The van der Waals surface area contributed by atoms with Crippen molar-refractivity contribution in [2.24, 2.45) is 0 Å². The fraction of sp³-hybridized carbons (Fsp3) is 0.214. The third kappa shape index (κ3) is 7.09. The quantitative estimate of drug-likeness (QED) is 0.148. The maximum absolute atomic E-state index is 14.3. The van der Waals surface area contributed by atoms with E-state index < -0.39 is 30.1 Å². The summed E-state index contributed by atoms with van der Waals surface area (Å²) in [5.74, 6) is -2.01. The molecule has 0 saturated carbocycles. The van der Waals surface area contributed by atoms with Crippen LogP contribution in [0.2, 0.25) is 10.0 Å². The van der Waals surface area contributed by atoms with Gasteiger partial charge in [0.15, 0.2) is 6.61 Å². The summed E-state index contributed by atoms with van der Waals surface area (Å²) < 4.78 is 58.8. The first-order valence-electron chi connectivity index (χ1n) is 11.7. The number of hydrogen-bond acceptors (Lipinski definition) is 5. The smallest absolute Gasteiger partial charge is 0.419 e. The molecule has 210 valence electrons. The number of aliphatic carboxylic acids is 1. The van der Waals surface area contributed by atoms with E-state index in [0.717, 1.165) is 27.0 Å². The SMILES string of the molecule is Cc1cc(SC(Cc2c(Cl)cccc2Cl)c2sc(-c3ccc(C(F)(F)F)c(F)c3)nc2C)ccc1OCC(=O)O. The molecular formula is C28H21Cl2F4NO3S2. The van der Waals surface area contributed by atoms with Crippen molar-refractivity contribution in [3.05, 3.63) is 97.7 Å². The number of benzene rings is 3. The lowest BCUT2D eigenvalue weighted by Gasteiger charge is -2.19. The monoisotopic (exact) mass is 629 g/mol. The summed E-state index contributed by atoms with van der Waals surface area (Å²) in [7, 11) is 0. The van der Waals surface area contributed by atoms with E-state index in [4.69, 9.17) is 33.0 Å². The average molecular weight is 631 g/mol. The van der Waals surface area contributed by atoms with Crippen LogP contribution in [-0.2, 0) is 17.4 Å². The molecule has 0 aliphatic carbocycles. The molecule has 0 spiro atoms. The van der Waals surface area contributed by atoms with Crippen LogP contribution in [0.25, 0.3) is 10.6 Å². The van der Waals surface area contributed by atoms with Crippen molar-refractivity contribution in [1.82, 2.24) is 4.98 Å². The molecule has 1 heterocycles. The maximum atomic E-state index is 14.3. The van der Waals surface area contributed by atoms with E-state index in [0.29, 0.717) is 39.0 Å². The molecule has 0 bridgehead atoms. The molecular weight excluding hydrogens is 609 g/mol. The van der Waals surface area contributed by atoms with E-state index in [1.165, 1.54) is 29.2 Å². The standard InChI is InChI=1S/C28H21Cl2F4NO3S2/c1-14-10-17(7-9-23(14)38-13-25(36)37)39-24(12-18-20(29)4-3-5-21(18)30)26-15(2)35-27(40-26)16-6-8-19(22(31)11-16)28(32,33)34/h3-11,24H,12-13H2,1-2H3,(H,36,37). The zero-order valence-corrected chi connectivity index (χ0v) is 24.1. The number of aryl methyl sites for hydroxylation is 2. The van der Waals surface area contributed by atoms with Gasteiger partial charge in [0.05, 0.1) is 11.3 Å². The zero-order valence-electron chi connectivity index (χ0n) is 21.0. The number of thiazole rings is 1. The van der Waals surface area contributed by atoms with Crippen molar-refractivity contribution in [2.45, 2.75) is 36.6 Å². The summed E-state index contributed by atoms with van der Waals surface area (Å²) in [6, 6.07) is 13.3. The van der Waals surface area contributed by atoms with Gasteiger partial charge in [0.1, 0.15) is 16.6 Å². The Hall–Kier alpha value is -2.79. The lowest BCUT2D eigenvalue weighted by Crippen LogP contribution is -2.10. The second-order valence-electron chi connectivity index (χ2n) is 8.78. The van der Waals surface area contributed by atoms with E-state index in [1.54, 1.807) is 44.2 Å². The van der Waals surface area contributed by atoms with Crippen molar-refractivity contribution in [3.63, 3.8) is 0 Å². The van der Waals surface area contributed by atoms with Crippen LogP contribution in [0.15, 0.2) is 59.5 Å². The van der Waals surface area contributed by atoms with Crippen LogP contribution in [0.1, 0.15) is 32.5 Å². The summed E-state index contributed by atoms with van der Waals surface area (Å²) in [6.07, 6.45) is -4.39. The molecule has 0 aliphatic rings. The fourth-order valence-corrected chi connectivity index (χ4v) is 7.10. The first-order chi connectivity index (χ1) is 18.8. The first-order valence-corrected chi connectivity index (χ1v) is 14.2. The summed E-state index contributed by atoms with van der Waals surface area (Å²) in [6.45, 7) is 3.12. The number of carboxylic acid groups (broad SMARTS) is 1. The molecule has 1 N–H and O–H groups in total. The van der Waals surface area contributed by atoms with Gasteiger partial charge >= 0.3 is 12.1 Å². The number of rotatable bonds is 9. The molecule has 0 aliphatic heterocycles. The Balaban J connectivity index is 1.71. The summed E-state index contributed by atoms with van der Waals surface area (Å²) in [5.41, 5.74) is 0.996. The number of ether oxygens (including phenoxy) is 1. The summed E-state index contributed by atoms with van der Waals surface area (Å²) in [4.78, 5) is 17.1. The number of carboxylic acids is 1. The molecule has 1 unspecified atom stereocenters. The number of thioether (sulfide) groups is 1. The molecule has 12 heteroatoms. The van der Waals surface area contributed by atoms with E-state index in [9.17, 15) is 22.4 Å². The molecule has 0 radical (unpaired) electrons. The van der Waals surface area contributed by atoms with Crippen LogP contribution >= 0.6 is 46.3 Å². The molecule has 40 heavy (non-hydrogen) atoms. The van der Waals surface area contributed by atoms with Crippen molar-refractivity contribution in [3.8, 4) is 16.3 Å². The van der Waals surface area contributed by atoms with Crippen molar-refractivity contribution in [2.75, 3.05) is 6.61 Å². The minimum atomic E-state index is -4.80. The number of nitrogens with zero attached hydrogens (tertiary/aromatic N) is 1. The Labute approximate surface area is 245 Å². The van der Waals surface area contributed by atoms with Gasteiger partial charge in [0.2, 0.25) is 0 Å². The van der Waals surface area contributed by atoms with E-state index in [1.807, 2.05) is 6.07 Å². The third-order valence-electron chi connectivity index (χ3n) is 5.87. The highest BCUT2D eigenvalue weighted by molar-refractivity contribution is 7.99. The Morgan fingerprint density at radius 2 is 1.80 bits per heavy atom. The molecule has 1 atom stereocenters. The predicted octanol–water partition coefficient (Wildman–Crippen LogP) is 9.43. The first kappa shape index (κ1) is 30.2. The van der Waals surface area contributed by atoms with Crippen LogP contribution in [0.5, 0.6) is 5.75 Å². The average Bonchev–Trinajstić information content (AvgIpc) is 3.25. The van der Waals surface area contributed by atoms with Crippen LogP contribution in [0, 0.1) is 19.7 Å². The zero-order chi connectivity index (χ0) is 29.2. The number of halogens is 6. The molecule has 0 amide bonds. The predicted molar refractivity (Wildman–Crippen MR) is 150 cm³/mol. The second kappa shape index (κ2) is 12.4. The fourth-order valence-electron chi connectivity index (χ4n) is 3.97. The van der Waals surface area contributed by atoms with Crippen molar-refractivity contribution < 1.29 is 32.2 Å². The number of alkyl halides is 3. The normalized spacial score (nSPS) is 12.4. The molecule has 1 aromatic heterocycles. The van der Waals surface area contributed by atoms with E-state index >= 15 is 0 Å². The Morgan fingerprint density at radius 1 is 1.10 bits per heavy atom. The second-order valence-corrected chi connectivity index (χ2v) is 11.9. The van der Waals surface area contributed by atoms with Crippen molar-refractivity contribution >= 4 is 52.3 Å². The Morgan fingerprint density at radius 3 is 2.40 bits per heavy atom. The maximum Gasteiger partial charge on any atom is 0.419 e. The van der Waals surface area contributed by atoms with Crippen LogP contribution in [0.3, 0.4) is 0 Å². The molecule has 0 saturated heterocycles. The van der Waals surface area contributed by atoms with Gasteiger partial charge in [-0.3, -0.25) is 0 Å². The molecule has 4 aromatic rings. The highest BCUT2D eigenvalue weighted by Gasteiger charge is 2.34. The lowest BCUT2D eigenvalue weighted by molar-refractivity contribution is -0.140. The van der Waals surface area contributed by atoms with Gasteiger partial charge in [-0.1, -0.05) is 35.3 Å². The van der Waals surface area contributed by atoms with Gasteiger partial charge in [-0.05, 0) is 73.9 Å². The van der Waals surface area contributed by atoms with Crippen LogP contribution in [-0.4, -0.2) is 22.7 Å². The topological polar surface area (TPSA) is 59.4 Å². The van der Waals surface area contributed by atoms with Gasteiger partial charge in [-0.2, -0.15) is 13.2 Å². The highest BCUT2D eigenvalue weighted by atomic mass is 35.5. The number of carbonyl (C=O) groups is 1. The Kier molecular flexibility index (Phi) is 9.34. The molecule has 0 fully saturated rings. The largest absolute Gasteiger partial charge is 0.482 e. The van der Waals surface area contributed by atoms with Crippen molar-refractivity contribution in [1.29, 1.82) is 0 Å². The molecule has 3 aromatic carbocycles. The molecule has 4 rings (SSSR count). The van der Waals surface area contributed by atoms with Gasteiger partial charge < -0.3 is 9.84 Å². The van der Waals surface area contributed by atoms with E-state index in [2.05, 4.69) is 4.98 Å². The van der Waals surface area contributed by atoms with Gasteiger partial charge in [0, 0.05) is 30.6 Å².